The number of aromatic nitrogens is 4. The molecule has 0 unspecified atom stereocenters. The average Bonchev–Trinajstić information content (AvgIpc) is 3.13. The molecule has 0 saturated carbocycles. The number of fused-ring (bicyclic) bond motifs is 1. The minimum atomic E-state index is -0.651. The molecule has 0 aliphatic carbocycles. The number of nitrogens with one attached hydrogen (secondary N) is 1. The first-order valence-electron chi connectivity index (χ1n) is 10.6. The van der Waals surface area contributed by atoms with E-state index in [9.17, 15) is 9.18 Å². The van der Waals surface area contributed by atoms with Crippen molar-refractivity contribution in [3.63, 3.8) is 0 Å². The van der Waals surface area contributed by atoms with Gasteiger partial charge in [-0.1, -0.05) is 0 Å². The first-order valence-corrected chi connectivity index (χ1v) is 10.6. The number of ether oxygens (including phenoxy) is 1. The minimum Gasteiger partial charge on any atom is -0.444 e. The molecule has 1 atom stereocenters. The van der Waals surface area contributed by atoms with Crippen LogP contribution in [0.5, 0.6) is 0 Å². The first-order chi connectivity index (χ1) is 15.7. The number of nitriles is 1. The van der Waals surface area contributed by atoms with Crippen molar-refractivity contribution in [2.24, 2.45) is 0 Å². The largest absolute Gasteiger partial charge is 0.444 e. The summed E-state index contributed by atoms with van der Waals surface area (Å²) in [6.07, 6.45) is 2.46. The lowest BCUT2D eigenvalue weighted by Gasteiger charge is -2.33. The monoisotopic (exact) mass is 452 g/mol. The highest BCUT2D eigenvalue weighted by Gasteiger charge is 2.28. The van der Waals surface area contributed by atoms with Gasteiger partial charge in [-0.2, -0.15) is 5.26 Å². The van der Waals surface area contributed by atoms with E-state index >= 15 is 0 Å². The number of anilines is 2. The van der Waals surface area contributed by atoms with Crippen LogP contribution in [-0.4, -0.2) is 50.6 Å². The van der Waals surface area contributed by atoms with Gasteiger partial charge in [0.15, 0.2) is 11.5 Å². The van der Waals surface area contributed by atoms with Crippen molar-refractivity contribution in [3.8, 4) is 11.8 Å². The number of benzene rings is 1. The van der Waals surface area contributed by atoms with Gasteiger partial charge in [0.1, 0.15) is 35.0 Å². The van der Waals surface area contributed by atoms with Crippen LogP contribution in [0.15, 0.2) is 24.5 Å². The second kappa shape index (κ2) is 8.54. The highest BCUT2D eigenvalue weighted by atomic mass is 19.1. The average molecular weight is 452 g/mol. The van der Waals surface area contributed by atoms with E-state index in [-0.39, 0.29) is 17.4 Å². The molecule has 3 aromatic rings. The van der Waals surface area contributed by atoms with E-state index in [1.54, 1.807) is 6.07 Å². The van der Waals surface area contributed by atoms with Crippen LogP contribution in [0.1, 0.15) is 39.2 Å². The van der Waals surface area contributed by atoms with Crippen molar-refractivity contribution in [3.05, 3.63) is 35.9 Å². The van der Waals surface area contributed by atoms with Crippen LogP contribution in [0, 0.1) is 17.1 Å². The fourth-order valence-corrected chi connectivity index (χ4v) is 3.85. The fourth-order valence-electron chi connectivity index (χ4n) is 3.85. The third-order valence-corrected chi connectivity index (χ3v) is 5.24. The molecule has 0 bridgehead atoms. The van der Waals surface area contributed by atoms with Crippen LogP contribution in [-0.2, 0) is 4.74 Å². The van der Waals surface area contributed by atoms with Gasteiger partial charge in [0.25, 0.3) is 0 Å². The van der Waals surface area contributed by atoms with Gasteiger partial charge < -0.3 is 20.7 Å². The molecule has 1 aliphatic heterocycles. The third kappa shape index (κ3) is 4.64. The van der Waals surface area contributed by atoms with Crippen LogP contribution in [0.2, 0.25) is 0 Å². The van der Waals surface area contributed by atoms with E-state index in [2.05, 4.69) is 20.4 Å². The normalized spacial score (nSPS) is 16.5. The molecule has 1 fully saturated rings. The Bertz CT molecular complexity index is 1240. The number of alkyl carbamates (subject to hydrolysis) is 1. The Kier molecular flexibility index (Phi) is 5.76. The number of nitrogens with zero attached hydrogens (tertiary/aromatic N) is 6. The van der Waals surface area contributed by atoms with Crippen LogP contribution in [0.25, 0.3) is 16.7 Å². The molecule has 2 aromatic heterocycles. The highest BCUT2D eigenvalue weighted by Crippen LogP contribution is 2.32. The number of nitrogen functional groups attached to an aromatic ring is 1. The number of hydrogen-bond donors (Lipinski definition) is 2. The molecule has 1 saturated heterocycles. The molecule has 33 heavy (non-hydrogen) atoms. The summed E-state index contributed by atoms with van der Waals surface area (Å²) in [5, 5.41) is 17.2. The van der Waals surface area contributed by atoms with Crippen molar-refractivity contribution in [1.82, 2.24) is 25.1 Å². The summed E-state index contributed by atoms with van der Waals surface area (Å²) in [5.74, 6) is 0.142. The van der Waals surface area contributed by atoms with Gasteiger partial charge in [-0.3, -0.25) is 0 Å². The van der Waals surface area contributed by atoms with E-state index in [0.717, 1.165) is 12.8 Å². The zero-order chi connectivity index (χ0) is 23.8. The Balaban J connectivity index is 1.67. The quantitative estimate of drug-likeness (QED) is 0.619. The third-order valence-electron chi connectivity index (χ3n) is 5.24. The van der Waals surface area contributed by atoms with E-state index in [4.69, 9.17) is 15.7 Å². The van der Waals surface area contributed by atoms with Crippen molar-refractivity contribution >= 4 is 28.8 Å². The second-order valence-corrected chi connectivity index (χ2v) is 8.90. The van der Waals surface area contributed by atoms with Gasteiger partial charge in [-0.05, 0) is 45.7 Å². The topological polar surface area (TPSA) is 135 Å². The van der Waals surface area contributed by atoms with Gasteiger partial charge >= 0.3 is 6.09 Å². The van der Waals surface area contributed by atoms with Crippen molar-refractivity contribution in [1.29, 1.82) is 5.26 Å². The first kappa shape index (κ1) is 22.3. The van der Waals surface area contributed by atoms with Crippen LogP contribution >= 0.6 is 0 Å². The Morgan fingerprint density at radius 2 is 2.15 bits per heavy atom. The number of halogens is 1. The molecule has 11 heteroatoms. The van der Waals surface area contributed by atoms with Crippen molar-refractivity contribution in [2.45, 2.75) is 45.3 Å². The molecule has 10 nitrogen and oxygen atoms in total. The van der Waals surface area contributed by atoms with E-state index in [0.29, 0.717) is 35.6 Å². The molecular weight excluding hydrogens is 427 g/mol. The van der Waals surface area contributed by atoms with Crippen LogP contribution in [0.3, 0.4) is 0 Å². The Morgan fingerprint density at radius 3 is 2.85 bits per heavy atom. The summed E-state index contributed by atoms with van der Waals surface area (Å²) in [6, 6.07) is 5.88. The van der Waals surface area contributed by atoms with Gasteiger partial charge in [0, 0.05) is 25.2 Å². The lowest BCUT2D eigenvalue weighted by atomic mass is 10.1. The number of piperidine rings is 1. The predicted molar refractivity (Wildman–Crippen MR) is 120 cm³/mol. The molecule has 1 aliphatic rings. The molecule has 1 amide bonds. The molecule has 3 N–H and O–H groups in total. The summed E-state index contributed by atoms with van der Waals surface area (Å²) in [4.78, 5) is 22.7. The van der Waals surface area contributed by atoms with E-state index in [1.807, 2.05) is 31.7 Å². The lowest BCUT2D eigenvalue weighted by molar-refractivity contribution is 0.0500. The Labute approximate surface area is 190 Å². The zero-order valence-corrected chi connectivity index (χ0v) is 18.7. The molecule has 0 spiro atoms. The summed E-state index contributed by atoms with van der Waals surface area (Å²) < 4.78 is 21.1. The maximum Gasteiger partial charge on any atom is 0.407 e. The molecule has 172 valence electrons. The summed E-state index contributed by atoms with van der Waals surface area (Å²) in [5.41, 5.74) is 6.36. The number of nitrogens with two attached hydrogens (primary N) is 1. The second-order valence-electron chi connectivity index (χ2n) is 8.90. The smallest absolute Gasteiger partial charge is 0.407 e. The zero-order valence-electron chi connectivity index (χ0n) is 18.7. The molecular formula is C22H25FN8O2. The van der Waals surface area contributed by atoms with Crippen molar-refractivity contribution < 1.29 is 13.9 Å². The van der Waals surface area contributed by atoms with Crippen LogP contribution in [0.4, 0.5) is 20.8 Å². The maximum atomic E-state index is 14.3. The lowest BCUT2D eigenvalue weighted by Crippen LogP contribution is -2.49. The SMILES string of the molecule is CC(C)(C)OC(=O)N[C@@H]1CCCN(c2nn(-c3ccc(C#N)c(F)c3)c3ncnc(N)c23)C1. The number of carbonyl (C=O) groups is 1. The standard InChI is InChI=1S/C22H25FN8O2/c1-22(2,3)33-21(32)28-14-5-4-8-30(11-14)20-17-18(25)26-12-27-19(17)31(29-20)15-7-6-13(10-24)16(23)9-15/h6-7,9,12,14H,4-5,8,11H2,1-3H3,(H,28,32)(H2,25,26,27)/t14-/m1/s1. The van der Waals surface area contributed by atoms with Gasteiger partial charge in [-0.25, -0.2) is 23.8 Å². The molecule has 0 radical (unpaired) electrons. The van der Waals surface area contributed by atoms with E-state index in [1.165, 1.54) is 23.1 Å². The fraction of sp³-hybridized carbons (Fsp3) is 0.409. The molecule has 3 heterocycles. The number of hydrogen-bond acceptors (Lipinski definition) is 8. The maximum absolute atomic E-state index is 14.3. The van der Waals surface area contributed by atoms with Crippen molar-refractivity contribution in [2.75, 3.05) is 23.7 Å². The van der Waals surface area contributed by atoms with E-state index < -0.39 is 17.5 Å². The minimum absolute atomic E-state index is 0.0586. The predicted octanol–water partition coefficient (Wildman–Crippen LogP) is 2.90. The van der Waals surface area contributed by atoms with Gasteiger partial charge in [0.2, 0.25) is 0 Å². The number of amides is 1. The van der Waals surface area contributed by atoms with Crippen LogP contribution < -0.4 is 16.0 Å². The molecule has 1 aromatic carbocycles. The number of rotatable bonds is 3. The van der Waals surface area contributed by atoms with Gasteiger partial charge in [-0.15, -0.1) is 5.10 Å². The molecule has 4 rings (SSSR count). The Morgan fingerprint density at radius 1 is 1.36 bits per heavy atom. The summed E-state index contributed by atoms with van der Waals surface area (Å²) >= 11 is 0. The summed E-state index contributed by atoms with van der Waals surface area (Å²) in [7, 11) is 0. The summed E-state index contributed by atoms with van der Waals surface area (Å²) in [6.45, 7) is 6.62. The van der Waals surface area contributed by atoms with Gasteiger partial charge in [0.05, 0.1) is 11.3 Å². The Hall–Kier alpha value is -3.94. The highest BCUT2D eigenvalue weighted by molar-refractivity contribution is 5.97. The number of carbonyl (C=O) groups excluding carboxylic acids is 1.